The maximum atomic E-state index is 13.6. The number of rotatable bonds is 3. The number of aromatic nitrogens is 1. The fourth-order valence-electron chi connectivity index (χ4n) is 2.64. The molecule has 3 aromatic rings. The average Bonchev–Trinajstić information content (AvgIpc) is 2.52. The Morgan fingerprint density at radius 2 is 1.95 bits per heavy atom. The monoisotopic (exact) mass is 365 g/mol. The summed E-state index contributed by atoms with van der Waals surface area (Å²) in [5.41, 5.74) is 0.899. The van der Waals surface area contributed by atoms with E-state index in [0.717, 1.165) is 27.4 Å². The van der Waals surface area contributed by atoms with Crippen LogP contribution >= 0.6 is 0 Å². The van der Waals surface area contributed by atoms with Gasteiger partial charge in [-0.3, -0.25) is 0 Å². The van der Waals surface area contributed by atoms with Crippen LogP contribution in [0, 0.1) is 5.82 Å². The number of benzene rings is 2. The molecule has 0 fully saturated rings. The quantitative estimate of drug-likeness (QED) is 0.523. The van der Waals surface area contributed by atoms with Gasteiger partial charge in [-0.25, -0.2) is 4.39 Å². The van der Waals surface area contributed by atoms with Crippen LogP contribution in [0.25, 0.3) is 21.7 Å². The Kier molecular flexibility index (Phi) is 4.98. The second-order valence-electron chi connectivity index (χ2n) is 5.18. The van der Waals surface area contributed by atoms with Gasteiger partial charge in [-0.2, -0.15) is 4.57 Å². The Morgan fingerprint density at radius 3 is 2.64 bits per heavy atom. The number of halogens is 2. The molecule has 0 saturated carbocycles. The highest BCUT2D eigenvalue weighted by atomic mass is 79.9. The predicted molar refractivity (Wildman–Crippen MR) is 80.0 cm³/mol. The zero-order valence-corrected chi connectivity index (χ0v) is 14.0. The van der Waals surface area contributed by atoms with Gasteiger partial charge in [0.25, 0.3) is 0 Å². The fourth-order valence-corrected chi connectivity index (χ4v) is 2.64. The third-order valence-electron chi connectivity index (χ3n) is 3.80. The summed E-state index contributed by atoms with van der Waals surface area (Å²) in [7, 11) is 1.62. The average molecular weight is 366 g/mol. The van der Waals surface area contributed by atoms with Crippen molar-refractivity contribution in [3.63, 3.8) is 0 Å². The summed E-state index contributed by atoms with van der Waals surface area (Å²) in [5.74, 6) is 0.482. The standard InChI is InChI=1S/C17H17FNO2.BrH/c1-11(10-20)19-9-12-7-14(21-2)4-5-15(12)16-8-13(18)3-6-17(16)19;/h3-9,11,20H,10H2,1-2H3;1H/q+1;/p-1. The molecule has 0 bridgehead atoms. The first-order valence-electron chi connectivity index (χ1n) is 6.86. The van der Waals surface area contributed by atoms with Gasteiger partial charge in [-0.05, 0) is 30.3 Å². The lowest BCUT2D eigenvalue weighted by Crippen LogP contribution is -3.00. The van der Waals surface area contributed by atoms with Crippen molar-refractivity contribution in [3.8, 4) is 5.75 Å². The van der Waals surface area contributed by atoms with E-state index in [0.29, 0.717) is 0 Å². The summed E-state index contributed by atoms with van der Waals surface area (Å²) in [5, 5.41) is 12.2. The Balaban J connectivity index is 0.00000176. The summed E-state index contributed by atoms with van der Waals surface area (Å²) in [6.45, 7) is 1.95. The van der Waals surface area contributed by atoms with E-state index in [1.807, 2.05) is 35.9 Å². The Labute approximate surface area is 138 Å². The van der Waals surface area contributed by atoms with Gasteiger partial charge in [0.1, 0.15) is 18.2 Å². The van der Waals surface area contributed by atoms with Crippen molar-refractivity contribution in [3.05, 3.63) is 48.4 Å². The Bertz CT molecular complexity index is 822. The van der Waals surface area contributed by atoms with E-state index in [1.54, 1.807) is 13.2 Å². The van der Waals surface area contributed by atoms with Crippen molar-refractivity contribution in [2.45, 2.75) is 13.0 Å². The summed E-state index contributed by atoms with van der Waals surface area (Å²) in [6.07, 6.45) is 1.97. The van der Waals surface area contributed by atoms with E-state index >= 15 is 0 Å². The molecule has 5 heteroatoms. The van der Waals surface area contributed by atoms with E-state index in [4.69, 9.17) is 4.74 Å². The molecule has 1 N–H and O–H groups in total. The van der Waals surface area contributed by atoms with Gasteiger partial charge < -0.3 is 26.8 Å². The van der Waals surface area contributed by atoms with Crippen molar-refractivity contribution in [1.29, 1.82) is 0 Å². The molecule has 0 aliphatic heterocycles. The van der Waals surface area contributed by atoms with Gasteiger partial charge >= 0.3 is 0 Å². The lowest BCUT2D eigenvalue weighted by atomic mass is 10.0. The maximum absolute atomic E-state index is 13.6. The minimum Gasteiger partial charge on any atom is -1.00 e. The van der Waals surface area contributed by atoms with Gasteiger partial charge in [-0.15, -0.1) is 0 Å². The van der Waals surface area contributed by atoms with Crippen molar-refractivity contribution in [2.24, 2.45) is 0 Å². The normalized spacial score (nSPS) is 12.2. The zero-order chi connectivity index (χ0) is 15.0. The van der Waals surface area contributed by atoms with Crippen LogP contribution in [0.1, 0.15) is 13.0 Å². The molecule has 3 nitrogen and oxygen atoms in total. The highest BCUT2D eigenvalue weighted by molar-refractivity contribution is 6.04. The Morgan fingerprint density at radius 1 is 1.18 bits per heavy atom. The molecule has 2 aromatic carbocycles. The molecule has 116 valence electrons. The summed E-state index contributed by atoms with van der Waals surface area (Å²) in [6, 6.07) is 10.4. The number of aliphatic hydroxyl groups is 1. The molecule has 0 aliphatic carbocycles. The van der Waals surface area contributed by atoms with Crippen LogP contribution in [0.15, 0.2) is 42.6 Å². The van der Waals surface area contributed by atoms with Crippen molar-refractivity contribution < 1.29 is 35.8 Å². The van der Waals surface area contributed by atoms with Crippen LogP contribution in [0.5, 0.6) is 5.75 Å². The van der Waals surface area contributed by atoms with E-state index in [1.165, 1.54) is 12.1 Å². The number of fused-ring (bicyclic) bond motifs is 3. The van der Waals surface area contributed by atoms with E-state index in [-0.39, 0.29) is 35.4 Å². The van der Waals surface area contributed by atoms with Gasteiger partial charge in [0, 0.05) is 18.4 Å². The first kappa shape index (κ1) is 16.6. The lowest BCUT2D eigenvalue weighted by Gasteiger charge is -2.10. The molecular formula is C17H17BrFNO2. The van der Waals surface area contributed by atoms with E-state index < -0.39 is 0 Å². The van der Waals surface area contributed by atoms with Gasteiger partial charge in [-0.1, -0.05) is 0 Å². The van der Waals surface area contributed by atoms with Crippen LogP contribution in [0.2, 0.25) is 0 Å². The number of nitrogens with zero attached hydrogens (tertiary/aromatic N) is 1. The first-order chi connectivity index (χ1) is 10.1. The van der Waals surface area contributed by atoms with E-state index in [9.17, 15) is 9.50 Å². The van der Waals surface area contributed by atoms with Gasteiger partial charge in [0.15, 0.2) is 12.2 Å². The largest absolute Gasteiger partial charge is 1.00 e. The highest BCUT2D eigenvalue weighted by Crippen LogP contribution is 2.27. The smallest absolute Gasteiger partial charge is 0.213 e. The van der Waals surface area contributed by atoms with Crippen LogP contribution in [0.3, 0.4) is 0 Å². The second-order valence-corrected chi connectivity index (χ2v) is 5.18. The molecule has 22 heavy (non-hydrogen) atoms. The SMILES string of the molecule is COc1ccc2c(c1)c[n+](C(C)CO)c1ccc(F)cc21.[Br-]. The molecule has 1 aromatic heterocycles. The minimum absolute atomic E-state index is 0. The molecule has 0 saturated heterocycles. The Hall–Kier alpha value is -1.72. The summed E-state index contributed by atoms with van der Waals surface area (Å²) < 4.78 is 20.9. The van der Waals surface area contributed by atoms with Gasteiger partial charge in [0.05, 0.1) is 17.9 Å². The number of ether oxygens (including phenoxy) is 1. The molecule has 1 atom stereocenters. The van der Waals surface area contributed by atoms with Crippen molar-refractivity contribution in [2.75, 3.05) is 13.7 Å². The van der Waals surface area contributed by atoms with Crippen molar-refractivity contribution in [1.82, 2.24) is 0 Å². The number of pyridine rings is 1. The first-order valence-corrected chi connectivity index (χ1v) is 6.86. The molecule has 0 spiro atoms. The third kappa shape index (κ3) is 2.78. The van der Waals surface area contributed by atoms with Crippen LogP contribution in [0.4, 0.5) is 4.39 Å². The minimum atomic E-state index is -0.269. The molecule has 0 radical (unpaired) electrons. The zero-order valence-electron chi connectivity index (χ0n) is 12.4. The topological polar surface area (TPSA) is 33.3 Å². The van der Waals surface area contributed by atoms with Crippen LogP contribution in [-0.4, -0.2) is 18.8 Å². The number of hydrogen-bond donors (Lipinski definition) is 1. The third-order valence-corrected chi connectivity index (χ3v) is 3.80. The molecule has 1 heterocycles. The molecule has 0 amide bonds. The maximum Gasteiger partial charge on any atom is 0.213 e. The summed E-state index contributed by atoms with van der Waals surface area (Å²) in [4.78, 5) is 0. The fraction of sp³-hybridized carbons (Fsp3) is 0.235. The van der Waals surface area contributed by atoms with Crippen molar-refractivity contribution >= 4 is 21.7 Å². The summed E-state index contributed by atoms with van der Waals surface area (Å²) >= 11 is 0. The molecule has 0 aliphatic rings. The predicted octanol–water partition coefficient (Wildman–Crippen LogP) is -0.0145. The lowest BCUT2D eigenvalue weighted by molar-refractivity contribution is -0.695. The van der Waals surface area contributed by atoms with Crippen LogP contribution < -0.4 is 26.3 Å². The van der Waals surface area contributed by atoms with E-state index in [2.05, 4.69) is 0 Å². The molecule has 1 unspecified atom stereocenters. The molecule has 3 rings (SSSR count). The number of hydrogen-bond acceptors (Lipinski definition) is 2. The second kappa shape index (κ2) is 6.58. The molecular weight excluding hydrogens is 349 g/mol. The number of aliphatic hydroxyl groups excluding tert-OH is 1. The number of methoxy groups -OCH3 is 1. The highest BCUT2D eigenvalue weighted by Gasteiger charge is 2.19. The van der Waals surface area contributed by atoms with Crippen LogP contribution in [-0.2, 0) is 0 Å². The van der Waals surface area contributed by atoms with Gasteiger partial charge in [0.2, 0.25) is 5.52 Å².